The summed E-state index contributed by atoms with van der Waals surface area (Å²) in [6.07, 6.45) is 16.7. The molecule has 6 atom stereocenters. The lowest BCUT2D eigenvalue weighted by Crippen LogP contribution is -2.18. The van der Waals surface area contributed by atoms with Crippen LogP contribution in [-0.4, -0.2) is 52.8 Å². The van der Waals surface area contributed by atoms with Crippen LogP contribution in [0.3, 0.4) is 0 Å². The molecule has 2 saturated heterocycles. The van der Waals surface area contributed by atoms with Gasteiger partial charge >= 0.3 is 0 Å². The van der Waals surface area contributed by atoms with E-state index in [9.17, 15) is 18.6 Å². The Bertz CT molecular complexity index is 590. The van der Waals surface area contributed by atoms with Gasteiger partial charge in [0, 0.05) is 45.3 Å². The second kappa shape index (κ2) is 13.2. The Morgan fingerprint density at radius 2 is 1.06 bits per heavy atom. The molecular formula is C26H48O4S2. The molecular weight excluding hydrogens is 440 g/mol. The predicted molar refractivity (Wildman–Crippen MR) is 138 cm³/mol. The molecule has 0 spiro atoms. The van der Waals surface area contributed by atoms with Gasteiger partial charge in [-0.3, -0.25) is 8.42 Å². The first kappa shape index (κ1) is 28.2. The third-order valence-corrected chi connectivity index (χ3v) is 11.7. The van der Waals surface area contributed by atoms with Crippen LogP contribution in [0.1, 0.15) is 105 Å². The van der Waals surface area contributed by atoms with Crippen molar-refractivity contribution in [2.75, 3.05) is 13.2 Å². The van der Waals surface area contributed by atoms with Gasteiger partial charge in [0.1, 0.15) is 0 Å². The lowest BCUT2D eigenvalue weighted by Gasteiger charge is -2.21. The van der Waals surface area contributed by atoms with E-state index in [-0.39, 0.29) is 34.5 Å². The molecule has 0 saturated carbocycles. The molecule has 6 heteroatoms. The van der Waals surface area contributed by atoms with Crippen LogP contribution in [0.15, 0.2) is 12.2 Å². The molecule has 0 aromatic carbocycles. The van der Waals surface area contributed by atoms with Gasteiger partial charge in [-0.1, -0.05) is 65.5 Å². The summed E-state index contributed by atoms with van der Waals surface area (Å²) >= 11 is 0. The fraction of sp³-hybridized carbons (Fsp3) is 0.923. The van der Waals surface area contributed by atoms with Crippen LogP contribution in [0.2, 0.25) is 0 Å². The summed E-state index contributed by atoms with van der Waals surface area (Å²) in [6.45, 7) is 8.82. The zero-order valence-electron chi connectivity index (χ0n) is 20.9. The Morgan fingerprint density at radius 3 is 1.41 bits per heavy atom. The SMILES string of the molecule is CC(C)(CO)CCCCC1CCC(C=CC2CCC(CCCCC(C)(C)CO)S2=O)S1=O. The van der Waals surface area contributed by atoms with E-state index in [0.717, 1.165) is 77.0 Å². The minimum Gasteiger partial charge on any atom is -0.396 e. The molecule has 0 radical (unpaired) electrons. The van der Waals surface area contributed by atoms with E-state index < -0.39 is 21.6 Å². The monoisotopic (exact) mass is 488 g/mol. The molecule has 2 aliphatic heterocycles. The summed E-state index contributed by atoms with van der Waals surface area (Å²) in [4.78, 5) is 0. The fourth-order valence-electron chi connectivity index (χ4n) is 4.88. The van der Waals surface area contributed by atoms with Crippen LogP contribution < -0.4 is 0 Å². The van der Waals surface area contributed by atoms with Crippen molar-refractivity contribution >= 4 is 21.6 Å². The van der Waals surface area contributed by atoms with Gasteiger partial charge in [-0.05, 0) is 62.2 Å². The topological polar surface area (TPSA) is 74.6 Å². The van der Waals surface area contributed by atoms with Gasteiger partial charge in [0.15, 0.2) is 0 Å². The highest BCUT2D eigenvalue weighted by Crippen LogP contribution is 2.33. The van der Waals surface area contributed by atoms with Crippen molar-refractivity contribution in [3.63, 3.8) is 0 Å². The molecule has 2 heterocycles. The maximum absolute atomic E-state index is 12.9. The number of rotatable bonds is 14. The minimum absolute atomic E-state index is 0.00902. The Morgan fingerprint density at radius 1 is 0.688 bits per heavy atom. The second-order valence-electron chi connectivity index (χ2n) is 11.7. The van der Waals surface area contributed by atoms with Gasteiger partial charge in [0.2, 0.25) is 0 Å². The number of aliphatic hydroxyl groups is 2. The molecule has 188 valence electrons. The molecule has 2 rings (SSSR count). The van der Waals surface area contributed by atoms with Crippen molar-refractivity contribution in [1.82, 2.24) is 0 Å². The van der Waals surface area contributed by atoms with E-state index in [1.165, 1.54) is 0 Å². The third kappa shape index (κ3) is 8.96. The molecule has 0 aliphatic carbocycles. The van der Waals surface area contributed by atoms with E-state index in [4.69, 9.17) is 0 Å². The smallest absolute Gasteiger partial charge is 0.0531 e. The van der Waals surface area contributed by atoms with Crippen molar-refractivity contribution < 1.29 is 18.6 Å². The molecule has 4 nitrogen and oxygen atoms in total. The normalized spacial score (nSPS) is 31.7. The summed E-state index contributed by atoms with van der Waals surface area (Å²) in [6, 6.07) is 0. The average molecular weight is 489 g/mol. The van der Waals surface area contributed by atoms with Gasteiger partial charge < -0.3 is 10.2 Å². The largest absolute Gasteiger partial charge is 0.396 e. The van der Waals surface area contributed by atoms with Crippen LogP contribution >= 0.6 is 0 Å². The number of hydrogen-bond donors (Lipinski definition) is 2. The lowest BCUT2D eigenvalue weighted by atomic mass is 9.88. The van der Waals surface area contributed by atoms with Gasteiger partial charge in [0.25, 0.3) is 0 Å². The van der Waals surface area contributed by atoms with Crippen LogP contribution in [-0.2, 0) is 21.6 Å². The van der Waals surface area contributed by atoms with Gasteiger partial charge in [-0.15, -0.1) is 0 Å². The maximum atomic E-state index is 12.9. The van der Waals surface area contributed by atoms with E-state index in [0.29, 0.717) is 10.5 Å². The average Bonchev–Trinajstić information content (AvgIpc) is 3.29. The highest BCUT2D eigenvalue weighted by Gasteiger charge is 2.33. The third-order valence-electron chi connectivity index (χ3n) is 7.46. The fourth-order valence-corrected chi connectivity index (χ4v) is 8.64. The molecule has 2 N–H and O–H groups in total. The lowest BCUT2D eigenvalue weighted by molar-refractivity contribution is 0.147. The summed E-state index contributed by atoms with van der Waals surface area (Å²) in [5.74, 6) is 0. The molecule has 32 heavy (non-hydrogen) atoms. The predicted octanol–water partition coefficient (Wildman–Crippen LogP) is 5.26. The highest BCUT2D eigenvalue weighted by atomic mass is 32.2. The first-order valence-corrected chi connectivity index (χ1v) is 15.3. The summed E-state index contributed by atoms with van der Waals surface area (Å²) in [5.41, 5.74) is -0.0180. The zero-order chi connectivity index (χ0) is 23.8. The summed E-state index contributed by atoms with van der Waals surface area (Å²) in [7, 11) is -1.63. The van der Waals surface area contributed by atoms with E-state index in [2.05, 4.69) is 39.8 Å². The highest BCUT2D eigenvalue weighted by molar-refractivity contribution is 7.87. The van der Waals surface area contributed by atoms with Crippen molar-refractivity contribution in [2.45, 2.75) is 126 Å². The summed E-state index contributed by atoms with van der Waals surface area (Å²) < 4.78 is 25.8. The standard InChI is InChI=1S/C26H48O4S2/c1-25(2,19-27)17-7-5-9-21-11-13-23(31(21)29)15-16-24-14-12-22(32(24)30)10-6-8-18-26(3,4)20-28/h15-16,21-24,27-28H,5-14,17-20H2,1-4H3. The maximum Gasteiger partial charge on any atom is 0.0531 e. The number of hydrogen-bond acceptors (Lipinski definition) is 4. The molecule has 0 bridgehead atoms. The quantitative estimate of drug-likeness (QED) is 0.258. The van der Waals surface area contributed by atoms with Crippen LogP contribution in [0.25, 0.3) is 0 Å². The van der Waals surface area contributed by atoms with E-state index in [1.54, 1.807) is 0 Å². The second-order valence-corrected chi connectivity index (χ2v) is 15.5. The van der Waals surface area contributed by atoms with Crippen molar-refractivity contribution in [2.24, 2.45) is 10.8 Å². The first-order chi connectivity index (χ1) is 15.1. The van der Waals surface area contributed by atoms with E-state index >= 15 is 0 Å². The Balaban J connectivity index is 1.70. The van der Waals surface area contributed by atoms with Crippen molar-refractivity contribution in [3.05, 3.63) is 12.2 Å². The Kier molecular flexibility index (Phi) is 11.6. The molecule has 2 fully saturated rings. The molecule has 2 aliphatic rings. The van der Waals surface area contributed by atoms with Gasteiger partial charge in [-0.2, -0.15) is 0 Å². The summed E-state index contributed by atoms with van der Waals surface area (Å²) in [5, 5.41) is 19.6. The van der Waals surface area contributed by atoms with Crippen molar-refractivity contribution in [1.29, 1.82) is 0 Å². The molecule has 0 aromatic rings. The Hall–Kier alpha value is -0.0400. The van der Waals surface area contributed by atoms with Crippen molar-refractivity contribution in [3.8, 4) is 0 Å². The first-order valence-electron chi connectivity index (χ1n) is 12.8. The van der Waals surface area contributed by atoms with E-state index in [1.807, 2.05) is 0 Å². The van der Waals surface area contributed by atoms with Crippen LogP contribution in [0.5, 0.6) is 0 Å². The van der Waals surface area contributed by atoms with Gasteiger partial charge in [0.05, 0.1) is 10.5 Å². The Labute approximate surface area is 201 Å². The van der Waals surface area contributed by atoms with Gasteiger partial charge in [-0.25, -0.2) is 0 Å². The van der Waals surface area contributed by atoms with Crippen LogP contribution in [0, 0.1) is 10.8 Å². The minimum atomic E-state index is -0.816. The molecule has 0 aromatic heterocycles. The number of unbranched alkanes of at least 4 members (excludes halogenated alkanes) is 2. The number of aliphatic hydroxyl groups excluding tert-OH is 2. The van der Waals surface area contributed by atoms with Crippen LogP contribution in [0.4, 0.5) is 0 Å². The zero-order valence-corrected chi connectivity index (χ0v) is 22.5. The molecule has 6 unspecified atom stereocenters. The molecule has 0 amide bonds.